The number of aromatic nitrogens is 2. The summed E-state index contributed by atoms with van der Waals surface area (Å²) in [6.07, 6.45) is 2.85. The molecular formula is C27H18Cl2FN5O3. The third-order valence-electron chi connectivity index (χ3n) is 5.69. The van der Waals surface area contributed by atoms with Crippen LogP contribution in [0.5, 0.6) is 0 Å². The lowest BCUT2D eigenvalue weighted by Crippen LogP contribution is -2.34. The second-order valence-electron chi connectivity index (χ2n) is 8.17. The van der Waals surface area contributed by atoms with Gasteiger partial charge in [-0.05, 0) is 48.5 Å². The summed E-state index contributed by atoms with van der Waals surface area (Å²) in [7, 11) is 0. The number of primary amides is 1. The Balaban J connectivity index is 1.76. The molecule has 0 aliphatic rings. The lowest BCUT2D eigenvalue weighted by Gasteiger charge is -2.21. The molecule has 2 aromatic carbocycles. The smallest absolute Gasteiger partial charge is 0.251 e. The van der Waals surface area contributed by atoms with Gasteiger partial charge in [0, 0.05) is 52.4 Å². The Morgan fingerprint density at radius 2 is 1.89 bits per heavy atom. The van der Waals surface area contributed by atoms with E-state index in [0.29, 0.717) is 16.3 Å². The molecule has 2 aromatic heterocycles. The molecule has 190 valence electrons. The number of rotatable bonds is 7. The van der Waals surface area contributed by atoms with Crippen molar-refractivity contribution in [3.05, 3.63) is 116 Å². The van der Waals surface area contributed by atoms with Gasteiger partial charge in [-0.1, -0.05) is 29.3 Å². The van der Waals surface area contributed by atoms with Crippen LogP contribution in [0.15, 0.2) is 77.9 Å². The van der Waals surface area contributed by atoms with E-state index in [-0.39, 0.29) is 33.8 Å². The summed E-state index contributed by atoms with van der Waals surface area (Å²) in [6.45, 7) is 0. The van der Waals surface area contributed by atoms with Crippen molar-refractivity contribution in [1.82, 2.24) is 9.55 Å². The number of pyridine rings is 2. The van der Waals surface area contributed by atoms with Crippen LogP contribution in [0.4, 0.5) is 10.1 Å². The number of benzene rings is 2. The van der Waals surface area contributed by atoms with Gasteiger partial charge in [0.15, 0.2) is 0 Å². The fourth-order valence-corrected chi connectivity index (χ4v) is 4.30. The normalized spacial score (nSPS) is 11.4. The zero-order valence-electron chi connectivity index (χ0n) is 19.5. The molecule has 1 unspecified atom stereocenters. The van der Waals surface area contributed by atoms with Gasteiger partial charge in [0.2, 0.25) is 5.91 Å². The molecule has 0 saturated heterocycles. The van der Waals surface area contributed by atoms with Crippen LogP contribution in [-0.4, -0.2) is 21.4 Å². The van der Waals surface area contributed by atoms with Crippen molar-refractivity contribution < 1.29 is 14.0 Å². The molecule has 0 saturated carbocycles. The fourth-order valence-electron chi connectivity index (χ4n) is 3.86. The van der Waals surface area contributed by atoms with E-state index in [0.717, 1.165) is 16.7 Å². The number of nitriles is 1. The van der Waals surface area contributed by atoms with Crippen LogP contribution in [0.25, 0.3) is 11.1 Å². The van der Waals surface area contributed by atoms with Gasteiger partial charge in [-0.2, -0.15) is 5.26 Å². The number of nitrogens with one attached hydrogen (secondary N) is 1. The van der Waals surface area contributed by atoms with Crippen molar-refractivity contribution in [2.45, 2.75) is 12.5 Å². The zero-order valence-corrected chi connectivity index (χ0v) is 21.0. The second kappa shape index (κ2) is 11.3. The molecule has 0 aliphatic carbocycles. The van der Waals surface area contributed by atoms with Crippen LogP contribution in [0.1, 0.15) is 27.7 Å². The first kappa shape index (κ1) is 26.5. The predicted molar refractivity (Wildman–Crippen MR) is 141 cm³/mol. The molecule has 0 fully saturated rings. The number of carbonyl (C=O) groups is 2. The van der Waals surface area contributed by atoms with E-state index in [4.69, 9.17) is 28.9 Å². The number of hydrogen-bond donors (Lipinski definition) is 2. The second-order valence-corrected chi connectivity index (χ2v) is 9.02. The number of anilines is 1. The van der Waals surface area contributed by atoms with Gasteiger partial charge < -0.3 is 15.6 Å². The van der Waals surface area contributed by atoms with Crippen LogP contribution in [-0.2, 0) is 11.2 Å². The lowest BCUT2D eigenvalue weighted by atomic mass is 10.0. The van der Waals surface area contributed by atoms with Crippen molar-refractivity contribution in [2.24, 2.45) is 5.73 Å². The molecule has 1 atom stereocenters. The molecule has 0 bridgehead atoms. The van der Waals surface area contributed by atoms with Crippen molar-refractivity contribution in [3.8, 4) is 17.2 Å². The number of amides is 2. The molecule has 11 heteroatoms. The average molecular weight is 550 g/mol. The van der Waals surface area contributed by atoms with Gasteiger partial charge in [-0.3, -0.25) is 19.4 Å². The molecule has 0 aliphatic heterocycles. The summed E-state index contributed by atoms with van der Waals surface area (Å²) in [6, 6.07) is 15.2. The maximum Gasteiger partial charge on any atom is 0.251 e. The molecule has 38 heavy (non-hydrogen) atoms. The molecule has 3 N–H and O–H groups in total. The topological polar surface area (TPSA) is 131 Å². The van der Waals surface area contributed by atoms with E-state index in [1.807, 2.05) is 6.07 Å². The van der Waals surface area contributed by atoms with Gasteiger partial charge in [-0.25, -0.2) is 4.39 Å². The Hall–Kier alpha value is -4.52. The maximum absolute atomic E-state index is 14.3. The Kier molecular flexibility index (Phi) is 7.86. The number of hydrogen-bond acceptors (Lipinski definition) is 5. The van der Waals surface area contributed by atoms with E-state index < -0.39 is 29.2 Å². The third-order valence-corrected chi connectivity index (χ3v) is 6.23. The fraction of sp³-hybridized carbons (Fsp3) is 0.0741. The minimum absolute atomic E-state index is 0.00468. The van der Waals surface area contributed by atoms with Crippen LogP contribution in [0.3, 0.4) is 0 Å². The predicted octanol–water partition coefficient (Wildman–Crippen LogP) is 4.75. The standard InChI is InChI=1S/C27H18Cl2FN5O3/c28-16-5-4-15(13-31)20(9-16)21-12-25(36)35(14-22(21)29)24(11-17-3-1-2-8-33-17)27(38)34-18-6-7-19(26(32)37)23(30)10-18/h1-10,12,14,24H,11H2,(H2,32,37)(H,34,38). The number of nitrogens with zero attached hydrogens (tertiary/aromatic N) is 3. The SMILES string of the molecule is N#Cc1ccc(Cl)cc1-c1cc(=O)n(C(Cc2ccccn2)C(=O)Nc2ccc(C(N)=O)c(F)c2)cc1Cl. The van der Waals surface area contributed by atoms with Crippen molar-refractivity contribution in [2.75, 3.05) is 5.32 Å². The monoisotopic (exact) mass is 549 g/mol. The first-order valence-corrected chi connectivity index (χ1v) is 11.9. The summed E-state index contributed by atoms with van der Waals surface area (Å²) in [4.78, 5) is 42.2. The Labute approximate surface area is 226 Å². The average Bonchev–Trinajstić information content (AvgIpc) is 2.89. The summed E-state index contributed by atoms with van der Waals surface area (Å²) >= 11 is 12.6. The van der Waals surface area contributed by atoms with E-state index >= 15 is 0 Å². The Morgan fingerprint density at radius 3 is 2.55 bits per heavy atom. The van der Waals surface area contributed by atoms with Crippen molar-refractivity contribution in [1.29, 1.82) is 5.26 Å². The molecule has 0 radical (unpaired) electrons. The summed E-state index contributed by atoms with van der Waals surface area (Å²) in [5.41, 5.74) is 5.69. The highest BCUT2D eigenvalue weighted by molar-refractivity contribution is 6.34. The minimum atomic E-state index is -1.14. The largest absolute Gasteiger partial charge is 0.366 e. The summed E-state index contributed by atoms with van der Waals surface area (Å²) < 4.78 is 15.4. The first-order valence-electron chi connectivity index (χ1n) is 11.1. The van der Waals surface area contributed by atoms with Crippen LogP contribution < -0.4 is 16.6 Å². The number of nitrogens with two attached hydrogens (primary N) is 1. The van der Waals surface area contributed by atoms with Gasteiger partial charge in [0.1, 0.15) is 11.9 Å². The highest BCUT2D eigenvalue weighted by Gasteiger charge is 2.25. The third kappa shape index (κ3) is 5.72. The van der Waals surface area contributed by atoms with Crippen molar-refractivity contribution in [3.63, 3.8) is 0 Å². The van der Waals surface area contributed by atoms with Crippen LogP contribution >= 0.6 is 23.2 Å². The van der Waals surface area contributed by atoms with Gasteiger partial charge in [-0.15, -0.1) is 0 Å². The van der Waals surface area contributed by atoms with E-state index in [2.05, 4.69) is 10.3 Å². The molecule has 4 rings (SSSR count). The molecular weight excluding hydrogens is 532 g/mol. The molecule has 4 aromatic rings. The highest BCUT2D eigenvalue weighted by atomic mass is 35.5. The van der Waals surface area contributed by atoms with Crippen LogP contribution in [0.2, 0.25) is 10.0 Å². The van der Waals surface area contributed by atoms with Crippen LogP contribution in [0, 0.1) is 17.1 Å². The zero-order chi connectivity index (χ0) is 27.4. The Morgan fingerprint density at radius 1 is 1.11 bits per heavy atom. The minimum Gasteiger partial charge on any atom is -0.366 e. The number of halogens is 3. The lowest BCUT2D eigenvalue weighted by molar-refractivity contribution is -0.119. The Bertz CT molecular complexity index is 1650. The first-order chi connectivity index (χ1) is 18.2. The van der Waals surface area contributed by atoms with Gasteiger partial charge in [0.25, 0.3) is 11.5 Å². The van der Waals surface area contributed by atoms with E-state index in [9.17, 15) is 24.0 Å². The van der Waals surface area contributed by atoms with Gasteiger partial charge in [0.05, 0.1) is 22.2 Å². The molecule has 2 heterocycles. The van der Waals surface area contributed by atoms with Gasteiger partial charge >= 0.3 is 0 Å². The summed E-state index contributed by atoms with van der Waals surface area (Å²) in [5.74, 6) is -2.52. The summed E-state index contributed by atoms with van der Waals surface area (Å²) in [5, 5.41) is 12.5. The molecule has 8 nitrogen and oxygen atoms in total. The van der Waals surface area contributed by atoms with E-state index in [1.165, 1.54) is 30.5 Å². The van der Waals surface area contributed by atoms with Crippen molar-refractivity contribution >= 4 is 40.7 Å². The molecule has 2 amide bonds. The highest BCUT2D eigenvalue weighted by Crippen LogP contribution is 2.32. The molecule has 0 spiro atoms. The quantitative estimate of drug-likeness (QED) is 0.343. The number of carbonyl (C=O) groups excluding carboxylic acids is 2. The van der Waals surface area contributed by atoms with E-state index in [1.54, 1.807) is 30.5 Å². The maximum atomic E-state index is 14.3.